The monoisotopic (exact) mass is 366 g/mol. The molecular formula is C21H22N2O2S. The van der Waals surface area contributed by atoms with Crippen molar-refractivity contribution in [1.29, 1.82) is 0 Å². The first-order valence-electron chi connectivity index (χ1n) is 8.59. The van der Waals surface area contributed by atoms with Crippen LogP contribution >= 0.6 is 11.3 Å². The third-order valence-corrected chi connectivity index (χ3v) is 4.89. The normalized spacial score (nSPS) is 10.8. The van der Waals surface area contributed by atoms with E-state index in [1.807, 2.05) is 63.2 Å². The Balaban J connectivity index is 1.68. The molecule has 0 atom stereocenters. The third kappa shape index (κ3) is 4.70. The first kappa shape index (κ1) is 18.1. The van der Waals surface area contributed by atoms with E-state index in [4.69, 9.17) is 4.74 Å². The molecule has 0 radical (unpaired) electrons. The molecule has 3 rings (SSSR count). The molecule has 4 nitrogen and oxygen atoms in total. The number of carbonyl (C=O) groups excluding carboxylic acids is 1. The Bertz CT molecular complexity index is 871. The molecule has 0 saturated heterocycles. The van der Waals surface area contributed by atoms with Crippen LogP contribution in [0, 0.1) is 6.92 Å². The van der Waals surface area contributed by atoms with Gasteiger partial charge in [-0.2, -0.15) is 0 Å². The highest BCUT2D eigenvalue weighted by molar-refractivity contribution is 7.14. The standard InChI is InChI=1S/C21H22N2O2S/c1-14(2)25-18-11-9-17(10-12-18)23-21(24)20-15(3)22-19(26-20)13-16-7-5-4-6-8-16/h4-12,14H,13H2,1-3H3,(H,23,24). The number of nitrogens with zero attached hydrogens (tertiary/aromatic N) is 1. The van der Waals surface area contributed by atoms with Crippen molar-refractivity contribution in [3.63, 3.8) is 0 Å². The van der Waals surface area contributed by atoms with Crippen molar-refractivity contribution in [3.05, 3.63) is 75.7 Å². The summed E-state index contributed by atoms with van der Waals surface area (Å²) in [6, 6.07) is 17.5. The average molecular weight is 366 g/mol. The number of thiazole rings is 1. The lowest BCUT2D eigenvalue weighted by Gasteiger charge is -2.10. The lowest BCUT2D eigenvalue weighted by atomic mass is 10.2. The topological polar surface area (TPSA) is 51.2 Å². The molecule has 1 amide bonds. The van der Waals surface area contributed by atoms with Crippen LogP contribution in [0.15, 0.2) is 54.6 Å². The fourth-order valence-corrected chi connectivity index (χ4v) is 3.58. The van der Waals surface area contributed by atoms with Crippen LogP contribution in [0.4, 0.5) is 5.69 Å². The Morgan fingerprint density at radius 2 is 1.81 bits per heavy atom. The quantitative estimate of drug-likeness (QED) is 0.662. The number of hydrogen-bond donors (Lipinski definition) is 1. The number of nitrogens with one attached hydrogen (secondary N) is 1. The zero-order chi connectivity index (χ0) is 18.5. The number of carbonyl (C=O) groups is 1. The van der Waals surface area contributed by atoms with E-state index in [2.05, 4.69) is 22.4 Å². The molecule has 0 aliphatic carbocycles. The highest BCUT2D eigenvalue weighted by Gasteiger charge is 2.16. The number of rotatable bonds is 6. The van der Waals surface area contributed by atoms with E-state index in [1.54, 1.807) is 0 Å². The van der Waals surface area contributed by atoms with E-state index in [0.717, 1.165) is 28.6 Å². The van der Waals surface area contributed by atoms with Gasteiger partial charge >= 0.3 is 0 Å². The molecule has 0 aliphatic rings. The van der Waals surface area contributed by atoms with Gasteiger partial charge in [0, 0.05) is 12.1 Å². The van der Waals surface area contributed by atoms with Crippen LogP contribution in [0.2, 0.25) is 0 Å². The molecule has 1 heterocycles. The summed E-state index contributed by atoms with van der Waals surface area (Å²) in [5.41, 5.74) is 2.69. The molecule has 5 heteroatoms. The summed E-state index contributed by atoms with van der Waals surface area (Å²) in [5, 5.41) is 3.88. The molecule has 0 fully saturated rings. The van der Waals surface area contributed by atoms with E-state index in [0.29, 0.717) is 4.88 Å². The second-order valence-electron chi connectivity index (χ2n) is 6.33. The molecule has 2 aromatic carbocycles. The van der Waals surface area contributed by atoms with E-state index in [9.17, 15) is 4.79 Å². The van der Waals surface area contributed by atoms with Crippen molar-refractivity contribution < 1.29 is 9.53 Å². The molecule has 3 aromatic rings. The average Bonchev–Trinajstić information content (AvgIpc) is 2.97. The molecule has 0 spiro atoms. The lowest BCUT2D eigenvalue weighted by molar-refractivity contribution is 0.102. The summed E-state index contributed by atoms with van der Waals surface area (Å²) < 4.78 is 5.62. The van der Waals surface area contributed by atoms with E-state index in [1.165, 1.54) is 16.9 Å². The third-order valence-electron chi connectivity index (χ3n) is 3.73. The zero-order valence-electron chi connectivity index (χ0n) is 15.2. The van der Waals surface area contributed by atoms with Gasteiger partial charge in [-0.3, -0.25) is 4.79 Å². The SMILES string of the molecule is Cc1nc(Cc2ccccc2)sc1C(=O)Nc1ccc(OC(C)C)cc1. The lowest BCUT2D eigenvalue weighted by Crippen LogP contribution is -2.11. The minimum atomic E-state index is -0.128. The molecular weight excluding hydrogens is 344 g/mol. The van der Waals surface area contributed by atoms with E-state index in [-0.39, 0.29) is 12.0 Å². The predicted octanol–water partition coefficient (Wildman–Crippen LogP) is 5.08. The molecule has 0 aliphatic heterocycles. The Morgan fingerprint density at radius 3 is 2.46 bits per heavy atom. The molecule has 26 heavy (non-hydrogen) atoms. The van der Waals surface area contributed by atoms with Crippen molar-refractivity contribution >= 4 is 22.9 Å². The second kappa shape index (κ2) is 8.15. The van der Waals surface area contributed by atoms with Gasteiger partial charge in [0.05, 0.1) is 16.8 Å². The number of aryl methyl sites for hydroxylation is 1. The molecule has 0 saturated carbocycles. The minimum Gasteiger partial charge on any atom is -0.491 e. The van der Waals surface area contributed by atoms with Crippen LogP contribution in [0.25, 0.3) is 0 Å². The van der Waals surface area contributed by atoms with E-state index < -0.39 is 0 Å². The van der Waals surface area contributed by atoms with E-state index >= 15 is 0 Å². The molecule has 134 valence electrons. The van der Waals surface area contributed by atoms with Crippen molar-refractivity contribution in [2.45, 2.75) is 33.3 Å². The van der Waals surface area contributed by atoms with Gasteiger partial charge in [0.2, 0.25) is 0 Å². The van der Waals surface area contributed by atoms with Crippen molar-refractivity contribution in [3.8, 4) is 5.75 Å². The van der Waals surface area contributed by atoms with Crippen LogP contribution in [-0.4, -0.2) is 17.0 Å². The summed E-state index contributed by atoms with van der Waals surface area (Å²) >= 11 is 1.45. The Morgan fingerprint density at radius 1 is 1.12 bits per heavy atom. The second-order valence-corrected chi connectivity index (χ2v) is 7.41. The van der Waals surface area contributed by atoms with Crippen molar-refractivity contribution in [2.24, 2.45) is 0 Å². The fraction of sp³-hybridized carbons (Fsp3) is 0.238. The summed E-state index contributed by atoms with van der Waals surface area (Å²) in [4.78, 5) is 17.8. The molecule has 1 aromatic heterocycles. The molecule has 0 unspecified atom stereocenters. The van der Waals surface area contributed by atoms with Crippen LogP contribution in [-0.2, 0) is 6.42 Å². The summed E-state index contributed by atoms with van der Waals surface area (Å²) in [5.74, 6) is 0.661. The maximum absolute atomic E-state index is 12.6. The highest BCUT2D eigenvalue weighted by atomic mass is 32.1. The highest BCUT2D eigenvalue weighted by Crippen LogP contribution is 2.23. The van der Waals surface area contributed by atoms with Gasteiger partial charge in [0.15, 0.2) is 0 Å². The Hall–Kier alpha value is -2.66. The summed E-state index contributed by atoms with van der Waals surface area (Å²) in [7, 11) is 0. The first-order valence-corrected chi connectivity index (χ1v) is 9.41. The van der Waals surface area contributed by atoms with Gasteiger partial charge in [0.25, 0.3) is 5.91 Å². The van der Waals surface area contributed by atoms with Gasteiger partial charge in [-0.15, -0.1) is 11.3 Å². The Labute approximate surface area is 157 Å². The van der Waals surface area contributed by atoms with Crippen molar-refractivity contribution in [1.82, 2.24) is 4.98 Å². The fourth-order valence-electron chi connectivity index (χ4n) is 2.59. The van der Waals surface area contributed by atoms with Gasteiger partial charge < -0.3 is 10.1 Å². The van der Waals surface area contributed by atoms with Gasteiger partial charge in [-0.05, 0) is 50.6 Å². The van der Waals surface area contributed by atoms with Gasteiger partial charge in [0.1, 0.15) is 10.6 Å². The van der Waals surface area contributed by atoms with Crippen LogP contribution in [0.5, 0.6) is 5.75 Å². The number of benzene rings is 2. The number of amides is 1. The minimum absolute atomic E-state index is 0.123. The summed E-state index contributed by atoms with van der Waals surface area (Å²) in [6.07, 6.45) is 0.860. The maximum atomic E-state index is 12.6. The largest absolute Gasteiger partial charge is 0.491 e. The number of ether oxygens (including phenoxy) is 1. The summed E-state index contributed by atoms with van der Waals surface area (Å²) in [6.45, 7) is 5.84. The Kier molecular flexibility index (Phi) is 5.68. The number of aromatic nitrogens is 1. The van der Waals surface area contributed by atoms with Gasteiger partial charge in [-0.25, -0.2) is 4.98 Å². The number of anilines is 1. The van der Waals surface area contributed by atoms with Crippen molar-refractivity contribution in [2.75, 3.05) is 5.32 Å². The first-order chi connectivity index (χ1) is 12.5. The predicted molar refractivity (Wildman–Crippen MR) is 106 cm³/mol. The molecule has 1 N–H and O–H groups in total. The molecule has 0 bridgehead atoms. The zero-order valence-corrected chi connectivity index (χ0v) is 16.0. The van der Waals surface area contributed by atoms with Gasteiger partial charge in [-0.1, -0.05) is 30.3 Å². The van der Waals surface area contributed by atoms with Crippen LogP contribution in [0.1, 0.15) is 39.8 Å². The van der Waals surface area contributed by atoms with Crippen LogP contribution < -0.4 is 10.1 Å². The van der Waals surface area contributed by atoms with Crippen LogP contribution in [0.3, 0.4) is 0 Å². The maximum Gasteiger partial charge on any atom is 0.267 e. The number of hydrogen-bond acceptors (Lipinski definition) is 4. The smallest absolute Gasteiger partial charge is 0.267 e.